The van der Waals surface area contributed by atoms with Gasteiger partial charge < -0.3 is 23.7 Å². The molecule has 0 spiro atoms. The molecule has 154 valence electrons. The van der Waals surface area contributed by atoms with Gasteiger partial charge in [-0.25, -0.2) is 0 Å². The smallest absolute Gasteiger partial charge is 0.303 e. The summed E-state index contributed by atoms with van der Waals surface area (Å²) >= 11 is 0. The van der Waals surface area contributed by atoms with E-state index in [2.05, 4.69) is 0 Å². The molecule has 0 aliphatic carbocycles. The Kier molecular flexibility index (Phi) is 8.10. The zero-order valence-electron chi connectivity index (χ0n) is 16.3. The summed E-state index contributed by atoms with van der Waals surface area (Å²) in [5.74, 6) is -2.32. The Morgan fingerprint density at radius 1 is 1.10 bits per heavy atom. The molecule has 0 N–H and O–H groups in total. The first kappa shape index (κ1) is 22.3. The Balaban J connectivity index is 2.26. The van der Waals surface area contributed by atoms with Crippen LogP contribution in [0.15, 0.2) is 30.3 Å². The van der Waals surface area contributed by atoms with E-state index in [0.717, 1.165) is 0 Å². The summed E-state index contributed by atoms with van der Waals surface area (Å²) in [6, 6.07) is 12.9. The van der Waals surface area contributed by atoms with Crippen LogP contribution in [-0.2, 0) is 33.3 Å². The molecule has 0 radical (unpaired) electrons. The standard InChI is InChI=1S/C20H22N2O7/c1-12(23)27-18-15(9-21)20(25-3)29-17(19(18)28-13(2)24)11-26-16(10-22)14-7-5-4-6-8-14/h4-8,15-20H,11H2,1-3H3/t15-,16+,17+,18-,19+,20-/m0/s1. The number of hydrogen-bond donors (Lipinski definition) is 0. The Hall–Kier alpha value is -2.98. The van der Waals surface area contributed by atoms with Gasteiger partial charge in [-0.2, -0.15) is 10.5 Å². The molecule has 1 saturated heterocycles. The number of nitrogens with zero attached hydrogens (tertiary/aromatic N) is 2. The van der Waals surface area contributed by atoms with Gasteiger partial charge in [-0.05, 0) is 5.56 Å². The van der Waals surface area contributed by atoms with Crippen molar-refractivity contribution in [2.24, 2.45) is 5.92 Å². The number of rotatable bonds is 7. The third-order valence-electron chi connectivity index (χ3n) is 4.28. The van der Waals surface area contributed by atoms with E-state index in [4.69, 9.17) is 23.7 Å². The van der Waals surface area contributed by atoms with Gasteiger partial charge in [-0.1, -0.05) is 30.3 Å². The number of carbonyl (C=O) groups excluding carboxylic acids is 2. The van der Waals surface area contributed by atoms with Crippen molar-refractivity contribution in [1.82, 2.24) is 0 Å². The lowest BCUT2D eigenvalue weighted by Crippen LogP contribution is -2.58. The van der Waals surface area contributed by atoms with Gasteiger partial charge in [0.15, 0.2) is 24.6 Å². The first-order chi connectivity index (χ1) is 13.9. The Bertz CT molecular complexity index is 786. The third-order valence-corrected chi connectivity index (χ3v) is 4.28. The minimum atomic E-state index is -1.12. The lowest BCUT2D eigenvalue weighted by molar-refractivity contribution is -0.278. The highest BCUT2D eigenvalue weighted by Crippen LogP contribution is 2.32. The van der Waals surface area contributed by atoms with Crippen molar-refractivity contribution in [2.75, 3.05) is 13.7 Å². The second kappa shape index (κ2) is 10.5. The zero-order chi connectivity index (χ0) is 21.4. The third kappa shape index (κ3) is 5.75. The molecule has 0 saturated carbocycles. The van der Waals surface area contributed by atoms with Gasteiger partial charge in [0.2, 0.25) is 0 Å². The van der Waals surface area contributed by atoms with Gasteiger partial charge in [0.1, 0.15) is 12.0 Å². The van der Waals surface area contributed by atoms with Gasteiger partial charge >= 0.3 is 11.9 Å². The van der Waals surface area contributed by atoms with Gasteiger partial charge in [0.05, 0.1) is 18.7 Å². The number of benzene rings is 1. The average molecular weight is 402 g/mol. The summed E-state index contributed by atoms with van der Waals surface area (Å²) in [6.07, 6.45) is -5.09. The van der Waals surface area contributed by atoms with Crippen LogP contribution in [0.25, 0.3) is 0 Å². The number of hydrogen-bond acceptors (Lipinski definition) is 9. The molecule has 1 heterocycles. The molecule has 1 aromatic rings. The predicted molar refractivity (Wildman–Crippen MR) is 96.6 cm³/mol. The molecule has 0 amide bonds. The fourth-order valence-corrected chi connectivity index (χ4v) is 3.07. The molecule has 1 aliphatic heterocycles. The van der Waals surface area contributed by atoms with E-state index in [1.54, 1.807) is 24.3 Å². The average Bonchev–Trinajstić information content (AvgIpc) is 2.70. The topological polar surface area (TPSA) is 128 Å². The molecule has 1 aliphatic rings. The number of ether oxygens (including phenoxy) is 5. The summed E-state index contributed by atoms with van der Waals surface area (Å²) in [5, 5.41) is 18.9. The van der Waals surface area contributed by atoms with Crippen molar-refractivity contribution < 1.29 is 33.3 Å². The lowest BCUT2D eigenvalue weighted by atomic mass is 9.91. The number of nitriles is 2. The Morgan fingerprint density at radius 2 is 1.72 bits per heavy atom. The summed E-state index contributed by atoms with van der Waals surface area (Å²) < 4.78 is 27.2. The molecular formula is C20H22N2O7. The van der Waals surface area contributed by atoms with Crippen LogP contribution in [0.4, 0.5) is 0 Å². The van der Waals surface area contributed by atoms with Crippen molar-refractivity contribution in [3.05, 3.63) is 35.9 Å². The van der Waals surface area contributed by atoms with E-state index in [0.29, 0.717) is 5.56 Å². The molecule has 0 aromatic heterocycles. The quantitative estimate of drug-likeness (QED) is 0.625. The van der Waals surface area contributed by atoms with Crippen LogP contribution in [0.5, 0.6) is 0 Å². The van der Waals surface area contributed by atoms with Crippen LogP contribution in [0.1, 0.15) is 25.5 Å². The molecule has 9 nitrogen and oxygen atoms in total. The van der Waals surface area contributed by atoms with Crippen molar-refractivity contribution in [3.63, 3.8) is 0 Å². The van der Waals surface area contributed by atoms with Crippen molar-refractivity contribution in [3.8, 4) is 12.1 Å². The van der Waals surface area contributed by atoms with Crippen LogP contribution < -0.4 is 0 Å². The maximum absolute atomic E-state index is 11.6. The van der Waals surface area contributed by atoms with Gasteiger partial charge in [0, 0.05) is 21.0 Å². The van der Waals surface area contributed by atoms with Crippen LogP contribution in [0.2, 0.25) is 0 Å². The summed E-state index contributed by atoms with van der Waals surface area (Å²) in [6.45, 7) is 2.21. The first-order valence-electron chi connectivity index (χ1n) is 8.89. The largest absolute Gasteiger partial charge is 0.457 e. The highest BCUT2D eigenvalue weighted by molar-refractivity contribution is 5.67. The van der Waals surface area contributed by atoms with Gasteiger partial charge in [-0.3, -0.25) is 9.59 Å². The molecule has 0 unspecified atom stereocenters. The second-order valence-corrected chi connectivity index (χ2v) is 6.33. The highest BCUT2D eigenvalue weighted by Gasteiger charge is 2.50. The molecule has 2 rings (SSSR count). The minimum absolute atomic E-state index is 0.166. The van der Waals surface area contributed by atoms with E-state index < -0.39 is 48.6 Å². The van der Waals surface area contributed by atoms with Gasteiger partial charge in [-0.15, -0.1) is 0 Å². The summed E-state index contributed by atoms with van der Waals surface area (Å²) in [4.78, 5) is 23.2. The summed E-state index contributed by atoms with van der Waals surface area (Å²) in [7, 11) is 1.34. The molecule has 1 aromatic carbocycles. The molecule has 29 heavy (non-hydrogen) atoms. The fraction of sp³-hybridized carbons (Fsp3) is 0.500. The number of carbonyl (C=O) groups is 2. The Morgan fingerprint density at radius 3 is 2.24 bits per heavy atom. The van der Waals surface area contributed by atoms with Crippen molar-refractivity contribution in [2.45, 2.75) is 44.6 Å². The predicted octanol–water partition coefficient (Wildman–Crippen LogP) is 1.64. The maximum Gasteiger partial charge on any atom is 0.303 e. The van der Waals surface area contributed by atoms with Gasteiger partial charge in [0.25, 0.3) is 0 Å². The molecular weight excluding hydrogens is 380 g/mol. The van der Waals surface area contributed by atoms with E-state index in [-0.39, 0.29) is 6.61 Å². The van der Waals surface area contributed by atoms with Crippen LogP contribution >= 0.6 is 0 Å². The normalized spacial score (nSPS) is 27.1. The van der Waals surface area contributed by atoms with Crippen LogP contribution in [-0.4, -0.2) is 50.3 Å². The number of esters is 2. The molecule has 1 fully saturated rings. The van der Waals surface area contributed by atoms with Crippen molar-refractivity contribution in [1.29, 1.82) is 10.5 Å². The van der Waals surface area contributed by atoms with E-state index in [1.165, 1.54) is 21.0 Å². The summed E-state index contributed by atoms with van der Waals surface area (Å²) in [5.41, 5.74) is 0.643. The minimum Gasteiger partial charge on any atom is -0.457 e. The maximum atomic E-state index is 11.6. The van der Waals surface area contributed by atoms with Crippen molar-refractivity contribution >= 4 is 11.9 Å². The second-order valence-electron chi connectivity index (χ2n) is 6.33. The zero-order valence-corrected chi connectivity index (χ0v) is 16.3. The fourth-order valence-electron chi connectivity index (χ4n) is 3.07. The molecule has 9 heteroatoms. The van der Waals surface area contributed by atoms with E-state index in [1.807, 2.05) is 18.2 Å². The first-order valence-corrected chi connectivity index (χ1v) is 8.89. The van der Waals surface area contributed by atoms with Crippen LogP contribution in [0, 0.1) is 28.6 Å². The number of methoxy groups -OCH3 is 1. The lowest BCUT2D eigenvalue weighted by Gasteiger charge is -2.42. The van der Waals surface area contributed by atoms with Crippen LogP contribution in [0.3, 0.4) is 0 Å². The highest BCUT2D eigenvalue weighted by atomic mass is 16.7. The Labute approximate surface area is 168 Å². The molecule has 0 bridgehead atoms. The van der Waals surface area contributed by atoms with E-state index >= 15 is 0 Å². The SMILES string of the molecule is CO[C@H]1O[C@H](CO[C@H](C#N)c2ccccc2)[C@@H](OC(C)=O)[C@@H](OC(C)=O)[C@@H]1C#N. The monoisotopic (exact) mass is 402 g/mol. The molecule has 6 atom stereocenters. The van der Waals surface area contributed by atoms with E-state index in [9.17, 15) is 20.1 Å².